The molecule has 27 heavy (non-hydrogen) atoms. The molecule has 0 heterocycles. The molecule has 0 atom stereocenters. The molecule has 2 N–H and O–H groups in total. The molecule has 0 saturated carbocycles. The Balaban J connectivity index is 1.75. The smallest absolute Gasteiger partial charge is 0.337 e. The van der Waals surface area contributed by atoms with Crippen LogP contribution in [0.1, 0.15) is 22.8 Å². The van der Waals surface area contributed by atoms with Crippen molar-refractivity contribution in [2.75, 3.05) is 5.32 Å². The van der Waals surface area contributed by atoms with Crippen LogP contribution in [0.15, 0.2) is 84.9 Å². The fraction of sp³-hybridized carbons (Fsp3) is 0.0435. The van der Waals surface area contributed by atoms with E-state index in [4.69, 9.17) is 0 Å². The Morgan fingerprint density at radius 1 is 0.815 bits per heavy atom. The first-order chi connectivity index (χ1) is 13.0. The Morgan fingerprint density at radius 2 is 1.41 bits per heavy atom. The first kappa shape index (κ1) is 18.1. The summed E-state index contributed by atoms with van der Waals surface area (Å²) in [6.45, 7) is 1.85. The van der Waals surface area contributed by atoms with Crippen molar-refractivity contribution in [2.24, 2.45) is 0 Å². The molecule has 4 heteroatoms. The largest absolute Gasteiger partial charge is 0.478 e. The standard InChI is InChI=1S/C23H19NO3/c1-16(15-22(25)24-21-10-6-5-9-20(21)23(26)27)17-11-13-19(14-12-17)18-7-3-2-4-8-18/h2-15H,1H3,(H,24,25)(H,26,27). The van der Waals surface area contributed by atoms with E-state index in [1.165, 1.54) is 12.1 Å². The highest BCUT2D eigenvalue weighted by molar-refractivity contribution is 6.07. The summed E-state index contributed by atoms with van der Waals surface area (Å²) in [4.78, 5) is 23.5. The van der Waals surface area contributed by atoms with Gasteiger partial charge in [-0.05, 0) is 41.3 Å². The summed E-state index contributed by atoms with van der Waals surface area (Å²) in [5.41, 5.74) is 4.29. The number of carboxylic acids is 1. The zero-order valence-corrected chi connectivity index (χ0v) is 14.8. The molecule has 3 aromatic carbocycles. The van der Waals surface area contributed by atoms with Crippen LogP contribution in [0.4, 0.5) is 5.69 Å². The second kappa shape index (κ2) is 8.15. The van der Waals surface area contributed by atoms with Crippen molar-refractivity contribution in [3.63, 3.8) is 0 Å². The maximum absolute atomic E-state index is 12.3. The van der Waals surface area contributed by atoms with Gasteiger partial charge >= 0.3 is 5.97 Å². The number of amides is 1. The summed E-state index contributed by atoms with van der Waals surface area (Å²) < 4.78 is 0. The van der Waals surface area contributed by atoms with Gasteiger partial charge in [-0.3, -0.25) is 4.79 Å². The lowest BCUT2D eigenvalue weighted by molar-refractivity contribution is -0.111. The zero-order chi connectivity index (χ0) is 19.2. The molecular formula is C23H19NO3. The van der Waals surface area contributed by atoms with Crippen LogP contribution in [-0.4, -0.2) is 17.0 Å². The van der Waals surface area contributed by atoms with E-state index in [0.717, 1.165) is 22.3 Å². The van der Waals surface area contributed by atoms with E-state index in [2.05, 4.69) is 5.32 Å². The second-order valence-electron chi connectivity index (χ2n) is 6.11. The summed E-state index contributed by atoms with van der Waals surface area (Å²) in [6, 6.07) is 24.3. The van der Waals surface area contributed by atoms with Gasteiger partial charge in [0.2, 0.25) is 5.91 Å². The van der Waals surface area contributed by atoms with Crippen LogP contribution in [0.2, 0.25) is 0 Å². The number of carbonyl (C=O) groups is 2. The van der Waals surface area contributed by atoms with Crippen molar-refractivity contribution < 1.29 is 14.7 Å². The number of aromatic carboxylic acids is 1. The number of nitrogens with one attached hydrogen (secondary N) is 1. The van der Waals surface area contributed by atoms with Gasteiger partial charge in [0.25, 0.3) is 0 Å². The predicted molar refractivity (Wildman–Crippen MR) is 108 cm³/mol. The molecule has 0 unspecified atom stereocenters. The Morgan fingerprint density at radius 3 is 2.07 bits per heavy atom. The van der Waals surface area contributed by atoms with Crippen molar-refractivity contribution >= 4 is 23.1 Å². The summed E-state index contributed by atoms with van der Waals surface area (Å²) >= 11 is 0. The van der Waals surface area contributed by atoms with Gasteiger partial charge in [-0.2, -0.15) is 0 Å². The minimum Gasteiger partial charge on any atom is -0.478 e. The van der Waals surface area contributed by atoms with Gasteiger partial charge in [0, 0.05) is 6.08 Å². The molecule has 134 valence electrons. The molecule has 0 aliphatic heterocycles. The van der Waals surface area contributed by atoms with E-state index >= 15 is 0 Å². The van der Waals surface area contributed by atoms with E-state index in [1.54, 1.807) is 18.2 Å². The zero-order valence-electron chi connectivity index (χ0n) is 14.8. The van der Waals surface area contributed by atoms with E-state index in [1.807, 2.05) is 61.5 Å². The fourth-order valence-electron chi connectivity index (χ4n) is 2.78. The molecule has 0 aliphatic rings. The number of carbonyl (C=O) groups excluding carboxylic acids is 1. The number of carboxylic acid groups (broad SMARTS) is 1. The number of hydrogen-bond acceptors (Lipinski definition) is 2. The van der Waals surface area contributed by atoms with Crippen molar-refractivity contribution in [2.45, 2.75) is 6.92 Å². The topological polar surface area (TPSA) is 66.4 Å². The lowest BCUT2D eigenvalue weighted by Gasteiger charge is -2.08. The highest BCUT2D eigenvalue weighted by Crippen LogP contribution is 2.22. The molecule has 1 amide bonds. The highest BCUT2D eigenvalue weighted by Gasteiger charge is 2.11. The number of para-hydroxylation sites is 1. The van der Waals surface area contributed by atoms with Crippen LogP contribution >= 0.6 is 0 Å². The van der Waals surface area contributed by atoms with Gasteiger partial charge in [0.1, 0.15) is 0 Å². The average molecular weight is 357 g/mol. The molecule has 0 saturated heterocycles. The Kier molecular flexibility index (Phi) is 5.47. The molecule has 0 radical (unpaired) electrons. The van der Waals surface area contributed by atoms with Crippen LogP contribution < -0.4 is 5.32 Å². The molecule has 0 bridgehead atoms. The van der Waals surface area contributed by atoms with Gasteiger partial charge < -0.3 is 10.4 Å². The molecule has 0 fully saturated rings. The summed E-state index contributed by atoms with van der Waals surface area (Å²) in [5, 5.41) is 11.8. The van der Waals surface area contributed by atoms with Gasteiger partial charge in [-0.1, -0.05) is 66.7 Å². The normalized spacial score (nSPS) is 11.1. The van der Waals surface area contributed by atoms with Gasteiger partial charge in [0.15, 0.2) is 0 Å². The monoisotopic (exact) mass is 357 g/mol. The minimum atomic E-state index is -1.08. The van der Waals surface area contributed by atoms with Gasteiger partial charge in [0.05, 0.1) is 11.3 Å². The van der Waals surface area contributed by atoms with Gasteiger partial charge in [-0.25, -0.2) is 4.79 Å². The molecule has 3 aromatic rings. The van der Waals surface area contributed by atoms with Crippen molar-refractivity contribution in [3.8, 4) is 11.1 Å². The Labute approximate surface area is 157 Å². The van der Waals surface area contributed by atoms with Gasteiger partial charge in [-0.15, -0.1) is 0 Å². The van der Waals surface area contributed by atoms with E-state index in [9.17, 15) is 14.7 Å². The third kappa shape index (κ3) is 4.50. The number of allylic oxidation sites excluding steroid dienone is 1. The molecule has 0 aliphatic carbocycles. The number of rotatable bonds is 5. The van der Waals surface area contributed by atoms with E-state index < -0.39 is 5.97 Å². The number of benzene rings is 3. The lowest BCUT2D eigenvalue weighted by atomic mass is 10.0. The minimum absolute atomic E-state index is 0.0594. The first-order valence-corrected chi connectivity index (χ1v) is 8.52. The van der Waals surface area contributed by atoms with Crippen molar-refractivity contribution in [1.29, 1.82) is 0 Å². The van der Waals surface area contributed by atoms with Crippen molar-refractivity contribution in [1.82, 2.24) is 0 Å². The number of hydrogen-bond donors (Lipinski definition) is 2. The summed E-state index contributed by atoms with van der Waals surface area (Å²) in [7, 11) is 0. The molecular weight excluding hydrogens is 338 g/mol. The Hall–Kier alpha value is -3.66. The molecule has 3 rings (SSSR count). The maximum atomic E-state index is 12.3. The van der Waals surface area contributed by atoms with Crippen LogP contribution in [0.5, 0.6) is 0 Å². The quantitative estimate of drug-likeness (QED) is 0.625. The highest BCUT2D eigenvalue weighted by atomic mass is 16.4. The van der Waals surface area contributed by atoms with E-state index in [-0.39, 0.29) is 17.2 Å². The third-order valence-electron chi connectivity index (χ3n) is 4.21. The molecule has 0 aromatic heterocycles. The van der Waals surface area contributed by atoms with Crippen LogP contribution in [0.3, 0.4) is 0 Å². The molecule has 0 spiro atoms. The lowest BCUT2D eigenvalue weighted by Crippen LogP contribution is -2.12. The predicted octanol–water partition coefficient (Wildman–Crippen LogP) is 5.09. The average Bonchev–Trinajstić information content (AvgIpc) is 2.69. The molecule has 4 nitrogen and oxygen atoms in total. The van der Waals surface area contributed by atoms with Crippen molar-refractivity contribution in [3.05, 3.63) is 96.1 Å². The second-order valence-corrected chi connectivity index (χ2v) is 6.11. The summed E-state index contributed by atoms with van der Waals surface area (Å²) in [6.07, 6.45) is 1.47. The fourth-order valence-corrected chi connectivity index (χ4v) is 2.78. The van der Waals surface area contributed by atoms with Crippen LogP contribution in [-0.2, 0) is 4.79 Å². The Bertz CT molecular complexity index is 990. The third-order valence-corrected chi connectivity index (χ3v) is 4.21. The van der Waals surface area contributed by atoms with E-state index in [0.29, 0.717) is 0 Å². The van der Waals surface area contributed by atoms with Crippen LogP contribution in [0, 0.1) is 0 Å². The van der Waals surface area contributed by atoms with Crippen LogP contribution in [0.25, 0.3) is 16.7 Å². The maximum Gasteiger partial charge on any atom is 0.337 e. The first-order valence-electron chi connectivity index (χ1n) is 8.52. The number of anilines is 1. The SMILES string of the molecule is CC(=CC(=O)Nc1ccccc1C(=O)O)c1ccc(-c2ccccc2)cc1. The summed E-state index contributed by atoms with van der Waals surface area (Å²) in [5.74, 6) is -1.45.